The zero-order valence-electron chi connectivity index (χ0n) is 14.3. The predicted octanol–water partition coefficient (Wildman–Crippen LogP) is 0.752. The van der Waals surface area contributed by atoms with Crippen LogP contribution in [0.1, 0.15) is 25.7 Å². The number of nitrogens with one attached hydrogen (secondary N) is 1. The molecule has 8 nitrogen and oxygen atoms in total. The second-order valence-corrected chi connectivity index (χ2v) is 8.26. The number of rotatable bonds is 6. The number of sulfonamides is 1. The number of piperidine rings is 1. The largest absolute Gasteiger partial charge is 0.338 e. The van der Waals surface area contributed by atoms with Gasteiger partial charge in [-0.2, -0.15) is 0 Å². The van der Waals surface area contributed by atoms with Gasteiger partial charge in [0.2, 0.25) is 15.9 Å². The summed E-state index contributed by atoms with van der Waals surface area (Å²) in [5, 5.41) is 8.16. The normalized spacial score (nSPS) is 18.6. The van der Waals surface area contributed by atoms with E-state index in [9.17, 15) is 13.2 Å². The molecule has 1 fully saturated rings. The summed E-state index contributed by atoms with van der Waals surface area (Å²) in [7, 11) is -3.20. The van der Waals surface area contributed by atoms with Crippen molar-refractivity contribution in [2.75, 3.05) is 19.3 Å². The standard InChI is InChI=1S/C16H23N5O3S/c1-25(23,24)17-10-9-13-6-4-5-11-20(13)16(22)12-21-15-8-3-2-7-14(15)18-19-21/h2-3,7-8,13,17H,4-6,9-12H2,1H3/t13-/m1/s1. The minimum Gasteiger partial charge on any atom is -0.338 e. The summed E-state index contributed by atoms with van der Waals surface area (Å²) in [6.45, 7) is 1.20. The van der Waals surface area contributed by atoms with E-state index in [-0.39, 0.29) is 18.5 Å². The number of fused-ring (bicyclic) bond motifs is 1. The van der Waals surface area contributed by atoms with Crippen LogP contribution in [0.25, 0.3) is 11.0 Å². The summed E-state index contributed by atoms with van der Waals surface area (Å²) >= 11 is 0. The number of amides is 1. The van der Waals surface area contributed by atoms with E-state index in [2.05, 4.69) is 15.0 Å². The van der Waals surface area contributed by atoms with Gasteiger partial charge in [-0.15, -0.1) is 5.10 Å². The van der Waals surface area contributed by atoms with Crippen LogP contribution in [-0.4, -0.2) is 59.6 Å². The molecule has 1 atom stereocenters. The van der Waals surface area contributed by atoms with Gasteiger partial charge in [-0.05, 0) is 37.8 Å². The molecule has 25 heavy (non-hydrogen) atoms. The van der Waals surface area contributed by atoms with Crippen molar-refractivity contribution in [3.05, 3.63) is 24.3 Å². The number of carbonyl (C=O) groups excluding carboxylic acids is 1. The van der Waals surface area contributed by atoms with Crippen LogP contribution in [0.4, 0.5) is 0 Å². The quantitative estimate of drug-likeness (QED) is 0.815. The highest BCUT2D eigenvalue weighted by Crippen LogP contribution is 2.20. The van der Waals surface area contributed by atoms with Crippen molar-refractivity contribution in [2.45, 2.75) is 38.3 Å². The highest BCUT2D eigenvalue weighted by atomic mass is 32.2. The molecule has 0 bridgehead atoms. The van der Waals surface area contributed by atoms with E-state index in [1.807, 2.05) is 29.2 Å². The maximum Gasteiger partial charge on any atom is 0.244 e. The molecule has 1 aromatic heterocycles. The topological polar surface area (TPSA) is 97.2 Å². The summed E-state index contributed by atoms with van der Waals surface area (Å²) in [6, 6.07) is 7.60. The van der Waals surface area contributed by atoms with Crippen molar-refractivity contribution in [3.8, 4) is 0 Å². The maximum atomic E-state index is 12.8. The number of hydrogen-bond donors (Lipinski definition) is 1. The summed E-state index contributed by atoms with van der Waals surface area (Å²) in [6.07, 6.45) is 4.69. The molecule has 1 aromatic carbocycles. The molecule has 2 aromatic rings. The highest BCUT2D eigenvalue weighted by molar-refractivity contribution is 7.88. The molecule has 2 heterocycles. The van der Waals surface area contributed by atoms with Crippen LogP contribution < -0.4 is 4.72 Å². The number of hydrogen-bond acceptors (Lipinski definition) is 5. The van der Waals surface area contributed by atoms with E-state index in [0.717, 1.165) is 36.6 Å². The lowest BCUT2D eigenvalue weighted by Crippen LogP contribution is -2.46. The van der Waals surface area contributed by atoms with Gasteiger partial charge in [-0.3, -0.25) is 4.79 Å². The minimum atomic E-state index is -3.20. The Labute approximate surface area is 147 Å². The first-order chi connectivity index (χ1) is 11.9. The summed E-state index contributed by atoms with van der Waals surface area (Å²) in [4.78, 5) is 14.6. The molecule has 1 aliphatic heterocycles. The molecule has 1 aliphatic rings. The molecule has 3 rings (SSSR count). The molecule has 1 saturated heterocycles. The van der Waals surface area contributed by atoms with E-state index in [4.69, 9.17) is 0 Å². The summed E-state index contributed by atoms with van der Waals surface area (Å²) < 4.78 is 26.6. The molecule has 9 heteroatoms. The first-order valence-corrected chi connectivity index (χ1v) is 10.4. The van der Waals surface area contributed by atoms with Gasteiger partial charge in [0, 0.05) is 19.1 Å². The van der Waals surface area contributed by atoms with Crippen LogP contribution in [0.3, 0.4) is 0 Å². The molecular formula is C16H23N5O3S. The van der Waals surface area contributed by atoms with Crippen molar-refractivity contribution >= 4 is 27.0 Å². The zero-order chi connectivity index (χ0) is 17.9. The number of nitrogens with zero attached hydrogens (tertiary/aromatic N) is 4. The van der Waals surface area contributed by atoms with Crippen molar-refractivity contribution < 1.29 is 13.2 Å². The van der Waals surface area contributed by atoms with E-state index in [1.165, 1.54) is 0 Å². The van der Waals surface area contributed by atoms with Crippen molar-refractivity contribution in [1.29, 1.82) is 0 Å². The molecule has 1 amide bonds. The SMILES string of the molecule is CS(=O)(=O)NCC[C@H]1CCCCN1C(=O)Cn1nnc2ccccc21. The summed E-state index contributed by atoms with van der Waals surface area (Å²) in [5.41, 5.74) is 1.60. The maximum absolute atomic E-state index is 12.8. The minimum absolute atomic E-state index is 0.000270. The Morgan fingerprint density at radius 1 is 1.32 bits per heavy atom. The Kier molecular flexibility index (Phi) is 5.33. The van der Waals surface area contributed by atoms with Gasteiger partial charge in [0.25, 0.3) is 0 Å². The molecule has 0 unspecified atom stereocenters. The Hall–Kier alpha value is -2.00. The third kappa shape index (κ3) is 4.55. The van der Waals surface area contributed by atoms with Crippen LogP contribution >= 0.6 is 0 Å². The Balaban J connectivity index is 1.66. The summed E-state index contributed by atoms with van der Waals surface area (Å²) in [5.74, 6) is -0.000270. The van der Waals surface area contributed by atoms with Crippen LogP contribution in [-0.2, 0) is 21.4 Å². The molecule has 0 radical (unpaired) electrons. The predicted molar refractivity (Wildman–Crippen MR) is 94.3 cm³/mol. The highest BCUT2D eigenvalue weighted by Gasteiger charge is 2.27. The Morgan fingerprint density at radius 2 is 2.12 bits per heavy atom. The van der Waals surface area contributed by atoms with Gasteiger partial charge >= 0.3 is 0 Å². The van der Waals surface area contributed by atoms with Crippen molar-refractivity contribution in [3.63, 3.8) is 0 Å². The van der Waals surface area contributed by atoms with E-state index in [1.54, 1.807) is 4.68 Å². The molecule has 136 valence electrons. The zero-order valence-corrected chi connectivity index (χ0v) is 15.1. The third-order valence-corrected chi connectivity index (χ3v) is 5.22. The first-order valence-electron chi connectivity index (χ1n) is 8.46. The number of carbonyl (C=O) groups is 1. The van der Waals surface area contributed by atoms with Crippen LogP contribution in [0.5, 0.6) is 0 Å². The van der Waals surface area contributed by atoms with Crippen molar-refractivity contribution in [2.24, 2.45) is 0 Å². The molecule has 0 saturated carbocycles. The number of aromatic nitrogens is 3. The van der Waals surface area contributed by atoms with Crippen LogP contribution in [0.2, 0.25) is 0 Å². The van der Waals surface area contributed by atoms with Gasteiger partial charge in [-0.1, -0.05) is 17.3 Å². The average Bonchev–Trinajstić information content (AvgIpc) is 2.97. The van der Waals surface area contributed by atoms with Gasteiger partial charge in [0.15, 0.2) is 0 Å². The third-order valence-electron chi connectivity index (χ3n) is 4.49. The number of likely N-dealkylation sites (tertiary alicyclic amines) is 1. The van der Waals surface area contributed by atoms with E-state index < -0.39 is 10.0 Å². The van der Waals surface area contributed by atoms with E-state index in [0.29, 0.717) is 19.5 Å². The lowest BCUT2D eigenvalue weighted by Gasteiger charge is -2.36. The second-order valence-electron chi connectivity index (χ2n) is 6.43. The smallest absolute Gasteiger partial charge is 0.244 e. The number of para-hydroxylation sites is 1. The molecular weight excluding hydrogens is 342 g/mol. The molecule has 1 N–H and O–H groups in total. The van der Waals surface area contributed by atoms with Crippen LogP contribution in [0, 0.1) is 0 Å². The monoisotopic (exact) mass is 365 g/mol. The lowest BCUT2D eigenvalue weighted by atomic mass is 9.99. The number of benzene rings is 1. The fraction of sp³-hybridized carbons (Fsp3) is 0.562. The first kappa shape index (κ1) is 17.8. The Morgan fingerprint density at radius 3 is 2.92 bits per heavy atom. The van der Waals surface area contributed by atoms with Crippen molar-refractivity contribution in [1.82, 2.24) is 24.6 Å². The lowest BCUT2D eigenvalue weighted by molar-refractivity contribution is -0.135. The Bertz CT molecular complexity index is 848. The van der Waals surface area contributed by atoms with Gasteiger partial charge in [0.05, 0.1) is 11.8 Å². The average molecular weight is 365 g/mol. The second kappa shape index (κ2) is 7.49. The van der Waals surface area contributed by atoms with Crippen LogP contribution in [0.15, 0.2) is 24.3 Å². The molecule has 0 spiro atoms. The van der Waals surface area contributed by atoms with Gasteiger partial charge < -0.3 is 4.90 Å². The van der Waals surface area contributed by atoms with Gasteiger partial charge in [-0.25, -0.2) is 17.8 Å². The fourth-order valence-corrected chi connectivity index (χ4v) is 3.78. The molecule has 0 aliphatic carbocycles. The fourth-order valence-electron chi connectivity index (χ4n) is 3.29. The van der Waals surface area contributed by atoms with Gasteiger partial charge in [0.1, 0.15) is 12.1 Å². The van der Waals surface area contributed by atoms with E-state index >= 15 is 0 Å².